The fourth-order valence-electron chi connectivity index (χ4n) is 6.51. The summed E-state index contributed by atoms with van der Waals surface area (Å²) in [6.07, 6.45) is 6.90. The summed E-state index contributed by atoms with van der Waals surface area (Å²) in [6, 6.07) is 18.2. The highest BCUT2D eigenvalue weighted by Crippen LogP contribution is 2.29. The van der Waals surface area contributed by atoms with Gasteiger partial charge in [-0.2, -0.15) is 0 Å². The molecule has 1 aromatic heterocycles. The van der Waals surface area contributed by atoms with Crippen molar-refractivity contribution in [2.75, 3.05) is 11.9 Å². The van der Waals surface area contributed by atoms with Crippen molar-refractivity contribution in [3.8, 4) is 11.1 Å². The fraction of sp³-hybridized carbons (Fsp3) is 0.389. The number of rotatable bonds is 10. The van der Waals surface area contributed by atoms with Crippen LogP contribution in [0.3, 0.4) is 0 Å². The van der Waals surface area contributed by atoms with Crippen LogP contribution in [0.1, 0.15) is 66.4 Å². The first-order valence-electron chi connectivity index (χ1n) is 16.3. The van der Waals surface area contributed by atoms with E-state index in [2.05, 4.69) is 26.1 Å². The molecule has 10 nitrogen and oxygen atoms in total. The van der Waals surface area contributed by atoms with Gasteiger partial charge in [0.1, 0.15) is 6.04 Å². The number of carbonyl (C=O) groups is 3. The molecule has 240 valence electrons. The van der Waals surface area contributed by atoms with Crippen LogP contribution in [0.15, 0.2) is 65.5 Å². The molecule has 1 heterocycles. The van der Waals surface area contributed by atoms with Gasteiger partial charge in [0.15, 0.2) is 0 Å². The number of nitrogens with one attached hydrogen (secondary N) is 5. The van der Waals surface area contributed by atoms with Crippen LogP contribution in [0.5, 0.6) is 0 Å². The summed E-state index contributed by atoms with van der Waals surface area (Å²) >= 11 is 0. The number of nitrogens with two attached hydrogens (primary N) is 1. The van der Waals surface area contributed by atoms with Crippen molar-refractivity contribution in [2.45, 2.75) is 70.4 Å². The van der Waals surface area contributed by atoms with Crippen LogP contribution in [0, 0.1) is 18.8 Å². The predicted molar refractivity (Wildman–Crippen MR) is 179 cm³/mol. The second kappa shape index (κ2) is 13.7. The standard InChI is InChI=1S/C36H42N6O4/c1-21-17-26(34(44)38-27-3-2-4-27)13-15-29(21)24-9-5-22(6-10-24)18-32(40-33(43)25-11-7-23(20-37)8-12-25)36(46)39-28-14-16-30-31(19-28)41-42-35(30)45/h5-6,9-10,13-17,19,23,25,27,32H,2-4,7-8,11-12,18,20,37H2,1H3,(H,38,44)(H,39,46)(H,40,43)(H2,41,42,45)/t23?,25?,32-/m0/s1. The van der Waals surface area contributed by atoms with Crippen LogP contribution < -0.4 is 27.2 Å². The molecule has 0 radical (unpaired) electrons. The number of fused-ring (bicyclic) bond motifs is 1. The smallest absolute Gasteiger partial charge is 0.271 e. The van der Waals surface area contributed by atoms with Crippen molar-refractivity contribution in [3.63, 3.8) is 0 Å². The lowest BCUT2D eigenvalue weighted by molar-refractivity contribution is -0.130. The number of aromatic amines is 2. The molecule has 0 unspecified atom stereocenters. The first kappa shape index (κ1) is 31.3. The third kappa shape index (κ3) is 7.07. The van der Waals surface area contributed by atoms with Crippen LogP contribution in [-0.2, 0) is 16.0 Å². The summed E-state index contributed by atoms with van der Waals surface area (Å²) in [6.45, 7) is 2.63. The molecule has 6 rings (SSSR count). The molecule has 7 N–H and O–H groups in total. The predicted octanol–water partition coefficient (Wildman–Crippen LogP) is 4.55. The summed E-state index contributed by atoms with van der Waals surface area (Å²) in [7, 11) is 0. The molecule has 0 bridgehead atoms. The van der Waals surface area contributed by atoms with Gasteiger partial charge in [0.05, 0.1) is 10.9 Å². The maximum Gasteiger partial charge on any atom is 0.271 e. The summed E-state index contributed by atoms with van der Waals surface area (Å²) in [5, 5.41) is 14.9. The molecule has 1 atom stereocenters. The van der Waals surface area contributed by atoms with Gasteiger partial charge in [0.2, 0.25) is 11.8 Å². The van der Waals surface area contributed by atoms with Gasteiger partial charge < -0.3 is 21.7 Å². The maximum absolute atomic E-state index is 13.6. The highest BCUT2D eigenvalue weighted by Gasteiger charge is 2.29. The zero-order chi connectivity index (χ0) is 32.2. The van der Waals surface area contributed by atoms with E-state index in [0.29, 0.717) is 41.0 Å². The van der Waals surface area contributed by atoms with Gasteiger partial charge in [-0.1, -0.05) is 30.3 Å². The highest BCUT2D eigenvalue weighted by atomic mass is 16.2. The molecule has 2 fully saturated rings. The number of carbonyl (C=O) groups excluding carboxylic acids is 3. The van der Waals surface area contributed by atoms with Gasteiger partial charge in [-0.05, 0) is 117 Å². The molecule has 0 spiro atoms. The van der Waals surface area contributed by atoms with Gasteiger partial charge in [-0.15, -0.1) is 0 Å². The van der Waals surface area contributed by atoms with Crippen molar-refractivity contribution in [1.82, 2.24) is 20.8 Å². The molecule has 46 heavy (non-hydrogen) atoms. The monoisotopic (exact) mass is 622 g/mol. The first-order chi connectivity index (χ1) is 22.3. The number of amides is 3. The minimum atomic E-state index is -0.804. The van der Waals surface area contributed by atoms with Crippen molar-refractivity contribution >= 4 is 34.3 Å². The van der Waals surface area contributed by atoms with Gasteiger partial charge in [0.25, 0.3) is 11.5 Å². The number of benzene rings is 3. The lowest BCUT2D eigenvalue weighted by Gasteiger charge is -2.28. The molecule has 2 aliphatic rings. The first-order valence-corrected chi connectivity index (χ1v) is 16.3. The molecule has 3 amide bonds. The Morgan fingerprint density at radius 3 is 2.35 bits per heavy atom. The number of aromatic nitrogens is 2. The Morgan fingerprint density at radius 2 is 1.67 bits per heavy atom. The van der Waals surface area contributed by atoms with Crippen molar-refractivity contribution < 1.29 is 14.4 Å². The minimum absolute atomic E-state index is 0.0326. The Labute approximate surface area is 267 Å². The highest BCUT2D eigenvalue weighted by molar-refractivity contribution is 5.99. The lowest BCUT2D eigenvalue weighted by atomic mass is 9.81. The zero-order valence-corrected chi connectivity index (χ0v) is 26.2. The SMILES string of the molecule is Cc1cc(C(=O)NC2CCC2)ccc1-c1ccc(C[C@H](NC(=O)C2CCC(CN)CC2)C(=O)Nc2ccc3c(=O)[nH][nH]c3c2)cc1. The van der Waals surface area contributed by atoms with Crippen LogP contribution >= 0.6 is 0 Å². The van der Waals surface area contributed by atoms with E-state index >= 15 is 0 Å². The van der Waals surface area contributed by atoms with Gasteiger partial charge in [-0.3, -0.25) is 29.4 Å². The van der Waals surface area contributed by atoms with E-state index in [-0.39, 0.29) is 35.2 Å². The molecule has 10 heteroatoms. The molecule has 4 aromatic rings. The molecular weight excluding hydrogens is 580 g/mol. The van der Waals surface area contributed by atoms with Crippen LogP contribution in [0.2, 0.25) is 0 Å². The van der Waals surface area contributed by atoms with E-state index in [0.717, 1.165) is 60.8 Å². The average molecular weight is 623 g/mol. The van der Waals surface area contributed by atoms with Crippen molar-refractivity contribution in [1.29, 1.82) is 0 Å². The van der Waals surface area contributed by atoms with Crippen LogP contribution in [-0.4, -0.2) is 46.5 Å². The van der Waals surface area contributed by atoms with E-state index in [1.807, 2.05) is 49.4 Å². The summed E-state index contributed by atoms with van der Waals surface area (Å²) in [5.74, 6) is -0.189. The van der Waals surface area contributed by atoms with Crippen LogP contribution in [0.4, 0.5) is 5.69 Å². The molecule has 0 aliphatic heterocycles. The van der Waals surface area contributed by atoms with E-state index in [1.54, 1.807) is 18.2 Å². The zero-order valence-electron chi connectivity index (χ0n) is 26.2. The van der Waals surface area contributed by atoms with E-state index in [9.17, 15) is 19.2 Å². The Hall–Kier alpha value is -4.70. The number of hydrogen-bond acceptors (Lipinski definition) is 5. The molecular formula is C36H42N6O4. The van der Waals surface area contributed by atoms with Crippen molar-refractivity contribution in [3.05, 3.63) is 87.7 Å². The lowest BCUT2D eigenvalue weighted by Crippen LogP contribution is -2.48. The number of aryl methyl sites for hydroxylation is 1. The average Bonchev–Trinajstić information content (AvgIpc) is 3.42. The Morgan fingerprint density at radius 1 is 0.913 bits per heavy atom. The van der Waals surface area contributed by atoms with Crippen molar-refractivity contribution in [2.24, 2.45) is 17.6 Å². The van der Waals surface area contributed by atoms with Gasteiger partial charge >= 0.3 is 0 Å². The summed E-state index contributed by atoms with van der Waals surface area (Å²) in [5.41, 5.74) is 11.3. The second-order valence-electron chi connectivity index (χ2n) is 12.9. The quantitative estimate of drug-likeness (QED) is 0.153. The third-order valence-electron chi connectivity index (χ3n) is 9.66. The van der Waals surface area contributed by atoms with E-state index in [1.165, 1.54) is 6.42 Å². The Bertz CT molecular complexity index is 1780. The molecule has 2 saturated carbocycles. The van der Waals surface area contributed by atoms with Gasteiger partial charge in [-0.25, -0.2) is 0 Å². The number of H-pyrrole nitrogens is 2. The number of hydrogen-bond donors (Lipinski definition) is 6. The summed E-state index contributed by atoms with van der Waals surface area (Å²) in [4.78, 5) is 51.5. The fourth-order valence-corrected chi connectivity index (χ4v) is 6.51. The third-order valence-corrected chi connectivity index (χ3v) is 9.66. The number of anilines is 1. The van der Waals surface area contributed by atoms with Crippen LogP contribution in [0.25, 0.3) is 22.0 Å². The second-order valence-corrected chi connectivity index (χ2v) is 12.9. The maximum atomic E-state index is 13.6. The Kier molecular flexibility index (Phi) is 9.35. The molecule has 2 aliphatic carbocycles. The van der Waals surface area contributed by atoms with Gasteiger partial charge in [0, 0.05) is 29.6 Å². The van der Waals surface area contributed by atoms with E-state index in [4.69, 9.17) is 5.73 Å². The molecule has 3 aromatic carbocycles. The molecule has 0 saturated heterocycles. The summed E-state index contributed by atoms with van der Waals surface area (Å²) < 4.78 is 0. The largest absolute Gasteiger partial charge is 0.349 e. The van der Waals surface area contributed by atoms with E-state index < -0.39 is 6.04 Å². The minimum Gasteiger partial charge on any atom is -0.349 e. The Balaban J connectivity index is 1.17. The topological polar surface area (TPSA) is 162 Å². The normalized spacial score (nSPS) is 18.8.